The van der Waals surface area contributed by atoms with E-state index in [1.165, 1.54) is 12.1 Å². The Balaban J connectivity index is 2.91. The minimum absolute atomic E-state index is 0.0906. The first-order valence-electron chi connectivity index (χ1n) is 2.87. The molecule has 0 aliphatic heterocycles. The molecule has 1 aromatic rings. The molecule has 1 aromatic carbocycles. The summed E-state index contributed by atoms with van der Waals surface area (Å²) in [7, 11) is 0. The van der Waals surface area contributed by atoms with Crippen molar-refractivity contribution in [1.82, 2.24) is 0 Å². The zero-order valence-corrected chi connectivity index (χ0v) is 5.25. The molecule has 0 unspecified atom stereocenters. The van der Waals surface area contributed by atoms with Gasteiger partial charge in [0.1, 0.15) is 12.4 Å². The maximum absolute atomic E-state index is 12.6. The van der Waals surface area contributed by atoms with Crippen molar-refractivity contribution in [3.63, 3.8) is 0 Å². The first kappa shape index (κ1) is 6.86. The third-order valence-electron chi connectivity index (χ3n) is 1.19. The maximum Gasteiger partial charge on any atom is 0.128 e. The zero-order valence-electron chi connectivity index (χ0n) is 5.25. The van der Waals surface area contributed by atoms with Crippen molar-refractivity contribution in [2.75, 3.05) is 0 Å². The number of benzene rings is 1. The minimum Gasteiger partial charge on any atom is -0.207 e. The van der Waals surface area contributed by atoms with E-state index in [4.69, 9.17) is 0 Å². The second-order valence-electron chi connectivity index (χ2n) is 1.88. The van der Waals surface area contributed by atoms with Crippen molar-refractivity contribution in [3.8, 4) is 0 Å². The summed E-state index contributed by atoms with van der Waals surface area (Å²) in [5, 5.41) is 2.58. The summed E-state index contributed by atoms with van der Waals surface area (Å²) in [6, 6.07) is 6.09. The Kier molecular flexibility index (Phi) is 2.10. The monoisotopic (exact) mass is 139 g/mol. The molecule has 0 atom stereocenters. The number of rotatable bonds is 2. The summed E-state index contributed by atoms with van der Waals surface area (Å²) >= 11 is 0. The van der Waals surface area contributed by atoms with Gasteiger partial charge in [-0.15, -0.1) is 0 Å². The van der Waals surface area contributed by atoms with E-state index >= 15 is 0 Å². The molecule has 0 heterocycles. The van der Waals surface area contributed by atoms with Gasteiger partial charge in [0.15, 0.2) is 0 Å². The van der Waals surface area contributed by atoms with E-state index in [0.29, 0.717) is 5.56 Å². The Labute approximate surface area is 57.7 Å². The van der Waals surface area contributed by atoms with Crippen molar-refractivity contribution < 1.29 is 4.39 Å². The second-order valence-corrected chi connectivity index (χ2v) is 1.88. The summed E-state index contributed by atoms with van der Waals surface area (Å²) in [4.78, 5) is 9.71. The quantitative estimate of drug-likeness (QED) is 0.577. The number of nitrogens with zero attached hydrogens (tertiary/aromatic N) is 1. The van der Waals surface area contributed by atoms with Crippen molar-refractivity contribution >= 4 is 0 Å². The molecule has 0 amide bonds. The lowest BCUT2D eigenvalue weighted by Gasteiger charge is -1.93. The highest BCUT2D eigenvalue weighted by Crippen LogP contribution is 2.06. The summed E-state index contributed by atoms with van der Waals surface area (Å²) in [6.07, 6.45) is 0. The van der Waals surface area contributed by atoms with E-state index < -0.39 is 0 Å². The van der Waals surface area contributed by atoms with E-state index in [1.54, 1.807) is 12.1 Å². The summed E-state index contributed by atoms with van der Waals surface area (Å²) in [5.74, 6) is -0.373. The largest absolute Gasteiger partial charge is 0.207 e. The molecule has 0 aliphatic carbocycles. The van der Waals surface area contributed by atoms with Crippen LogP contribution in [0, 0.1) is 10.7 Å². The molecule has 0 bridgehead atoms. The normalized spacial score (nSPS) is 9.30. The lowest BCUT2D eigenvalue weighted by Crippen LogP contribution is -1.85. The van der Waals surface area contributed by atoms with Crippen LogP contribution in [-0.4, -0.2) is 0 Å². The van der Waals surface area contributed by atoms with Crippen LogP contribution in [0.5, 0.6) is 0 Å². The molecule has 52 valence electrons. The predicted molar refractivity (Wildman–Crippen MR) is 35.9 cm³/mol. The van der Waals surface area contributed by atoms with Crippen LogP contribution in [0.25, 0.3) is 0 Å². The molecule has 0 spiro atoms. The maximum atomic E-state index is 12.6. The first-order valence-corrected chi connectivity index (χ1v) is 2.87. The fourth-order valence-corrected chi connectivity index (χ4v) is 0.696. The number of halogens is 1. The van der Waals surface area contributed by atoms with E-state index in [-0.39, 0.29) is 12.4 Å². The third-order valence-corrected chi connectivity index (χ3v) is 1.19. The number of hydrogen-bond donors (Lipinski definition) is 0. The SMILES string of the molecule is O=NCc1ccccc1F. The molecule has 0 radical (unpaired) electrons. The molecule has 0 saturated heterocycles. The highest BCUT2D eigenvalue weighted by Gasteiger charge is 1.97. The lowest BCUT2D eigenvalue weighted by atomic mass is 10.2. The van der Waals surface area contributed by atoms with Gasteiger partial charge >= 0.3 is 0 Å². The topological polar surface area (TPSA) is 29.4 Å². The molecule has 0 saturated carbocycles. The number of nitroso groups, excluding NO2 is 1. The van der Waals surface area contributed by atoms with Gasteiger partial charge in [0, 0.05) is 5.56 Å². The van der Waals surface area contributed by atoms with Crippen molar-refractivity contribution in [2.45, 2.75) is 6.54 Å². The molecule has 2 nitrogen and oxygen atoms in total. The van der Waals surface area contributed by atoms with Gasteiger partial charge in [-0.3, -0.25) is 0 Å². The fourth-order valence-electron chi connectivity index (χ4n) is 0.696. The third kappa shape index (κ3) is 1.37. The first-order chi connectivity index (χ1) is 4.84. The smallest absolute Gasteiger partial charge is 0.128 e. The average molecular weight is 139 g/mol. The Morgan fingerprint density at radius 3 is 2.70 bits per heavy atom. The predicted octanol–water partition coefficient (Wildman–Crippen LogP) is 2.09. The molecule has 0 N–H and O–H groups in total. The van der Waals surface area contributed by atoms with Crippen LogP contribution in [-0.2, 0) is 6.54 Å². The average Bonchev–Trinajstić information content (AvgIpc) is 1.94. The van der Waals surface area contributed by atoms with Crippen LogP contribution in [0.15, 0.2) is 29.4 Å². The van der Waals surface area contributed by atoms with Crippen LogP contribution in [0.2, 0.25) is 0 Å². The molecule has 0 fully saturated rings. The van der Waals surface area contributed by atoms with Crippen LogP contribution in [0.3, 0.4) is 0 Å². The van der Waals surface area contributed by atoms with E-state index in [1.807, 2.05) is 0 Å². The standard InChI is InChI=1S/C7H6FNO/c8-7-4-2-1-3-6(7)5-9-10/h1-4H,5H2. The van der Waals surface area contributed by atoms with Gasteiger partial charge in [0.25, 0.3) is 0 Å². The van der Waals surface area contributed by atoms with Gasteiger partial charge in [-0.1, -0.05) is 23.4 Å². The van der Waals surface area contributed by atoms with Gasteiger partial charge in [-0.25, -0.2) is 4.39 Å². The Bertz CT molecular complexity index is 237. The molecule has 0 aliphatic rings. The molecular weight excluding hydrogens is 133 g/mol. The van der Waals surface area contributed by atoms with Crippen molar-refractivity contribution in [3.05, 3.63) is 40.6 Å². The van der Waals surface area contributed by atoms with Crippen LogP contribution in [0.4, 0.5) is 4.39 Å². The number of hydrogen-bond acceptors (Lipinski definition) is 2. The molecule has 10 heavy (non-hydrogen) atoms. The Morgan fingerprint density at radius 2 is 2.10 bits per heavy atom. The second kappa shape index (κ2) is 3.06. The van der Waals surface area contributed by atoms with Crippen LogP contribution < -0.4 is 0 Å². The molecular formula is C7H6FNO. The van der Waals surface area contributed by atoms with Crippen molar-refractivity contribution in [1.29, 1.82) is 0 Å². The highest BCUT2D eigenvalue weighted by atomic mass is 19.1. The fraction of sp³-hybridized carbons (Fsp3) is 0.143. The van der Waals surface area contributed by atoms with E-state index in [0.717, 1.165) is 0 Å². The highest BCUT2D eigenvalue weighted by molar-refractivity contribution is 5.16. The van der Waals surface area contributed by atoms with Crippen molar-refractivity contribution in [2.24, 2.45) is 5.18 Å². The summed E-state index contributed by atoms with van der Waals surface area (Å²) < 4.78 is 12.6. The van der Waals surface area contributed by atoms with Crippen LogP contribution in [0.1, 0.15) is 5.56 Å². The van der Waals surface area contributed by atoms with Gasteiger partial charge in [-0.2, -0.15) is 4.91 Å². The van der Waals surface area contributed by atoms with E-state index in [9.17, 15) is 9.30 Å². The Hall–Kier alpha value is -1.25. The Morgan fingerprint density at radius 1 is 1.40 bits per heavy atom. The molecule has 3 heteroatoms. The van der Waals surface area contributed by atoms with Gasteiger partial charge in [0.05, 0.1) is 0 Å². The summed E-state index contributed by atoms with van der Waals surface area (Å²) in [6.45, 7) is -0.0906. The van der Waals surface area contributed by atoms with E-state index in [2.05, 4.69) is 5.18 Å². The van der Waals surface area contributed by atoms with Gasteiger partial charge in [-0.05, 0) is 6.07 Å². The summed E-state index contributed by atoms with van der Waals surface area (Å²) in [5.41, 5.74) is 0.345. The molecule has 1 rings (SSSR count). The van der Waals surface area contributed by atoms with Gasteiger partial charge in [0.2, 0.25) is 0 Å². The lowest BCUT2D eigenvalue weighted by molar-refractivity contribution is 0.610. The van der Waals surface area contributed by atoms with Crippen LogP contribution >= 0.6 is 0 Å². The molecule has 0 aromatic heterocycles. The van der Waals surface area contributed by atoms with Gasteiger partial charge < -0.3 is 0 Å². The zero-order chi connectivity index (χ0) is 7.40. The minimum atomic E-state index is -0.373.